The van der Waals surface area contributed by atoms with E-state index in [4.69, 9.17) is 4.74 Å². The van der Waals surface area contributed by atoms with E-state index in [-0.39, 0.29) is 18.1 Å². The van der Waals surface area contributed by atoms with Crippen molar-refractivity contribution in [2.75, 3.05) is 32.5 Å². The molecule has 1 aliphatic heterocycles. The lowest BCUT2D eigenvalue weighted by molar-refractivity contribution is -0.120. The van der Waals surface area contributed by atoms with Gasteiger partial charge in [-0.3, -0.25) is 4.79 Å². The van der Waals surface area contributed by atoms with Crippen LogP contribution in [0.5, 0.6) is 5.75 Å². The van der Waals surface area contributed by atoms with Crippen LogP contribution in [0, 0.1) is 0 Å². The Morgan fingerprint density at radius 3 is 2.48 bits per heavy atom. The quantitative estimate of drug-likeness (QED) is 0.771. The highest BCUT2D eigenvalue weighted by Gasteiger charge is 2.25. The number of amides is 1. The molecule has 1 fully saturated rings. The number of methoxy groups -OCH3 is 1. The van der Waals surface area contributed by atoms with Crippen LogP contribution in [0.4, 0.5) is 0 Å². The third-order valence-corrected chi connectivity index (χ3v) is 5.81. The van der Waals surface area contributed by atoms with Crippen LogP contribution in [0.15, 0.2) is 24.3 Å². The number of nitrogens with one attached hydrogen (secondary N) is 1. The van der Waals surface area contributed by atoms with Gasteiger partial charge in [-0.2, -0.15) is 0 Å². The van der Waals surface area contributed by atoms with E-state index in [1.54, 1.807) is 7.11 Å². The smallest absolute Gasteiger partial charge is 0.221 e. The average Bonchev–Trinajstić information content (AvgIpc) is 3.09. The summed E-state index contributed by atoms with van der Waals surface area (Å²) in [5.74, 6) is 0.465. The fourth-order valence-corrected chi connectivity index (χ4v) is 4.06. The first-order chi connectivity index (χ1) is 11.0. The zero-order valence-corrected chi connectivity index (χ0v) is 14.3. The number of sulfonamides is 1. The minimum Gasteiger partial charge on any atom is -0.497 e. The van der Waals surface area contributed by atoms with E-state index < -0.39 is 10.0 Å². The van der Waals surface area contributed by atoms with Gasteiger partial charge < -0.3 is 10.1 Å². The van der Waals surface area contributed by atoms with Crippen LogP contribution in [-0.4, -0.2) is 51.1 Å². The third kappa shape index (κ3) is 5.51. The summed E-state index contributed by atoms with van der Waals surface area (Å²) in [5.41, 5.74) is 1.09. The molecular weight excluding hydrogens is 316 g/mol. The number of benzene rings is 1. The lowest BCUT2D eigenvalue weighted by Gasteiger charge is -2.15. The standard InChI is InChI=1S/C16H24N2O4S/c1-22-15-6-4-14(5-7-15)8-10-17-16(19)9-13-23(20,21)18-11-2-3-12-18/h4-7H,2-3,8-13H2,1H3,(H,17,19). The zero-order valence-electron chi connectivity index (χ0n) is 13.5. The zero-order chi connectivity index (χ0) is 16.7. The second-order valence-corrected chi connectivity index (χ2v) is 7.71. The fraction of sp³-hybridized carbons (Fsp3) is 0.562. The Balaban J connectivity index is 1.68. The van der Waals surface area contributed by atoms with E-state index in [0.29, 0.717) is 26.1 Å². The maximum atomic E-state index is 12.0. The fourth-order valence-electron chi connectivity index (χ4n) is 2.54. The molecule has 0 atom stereocenters. The lowest BCUT2D eigenvalue weighted by atomic mass is 10.1. The van der Waals surface area contributed by atoms with Gasteiger partial charge in [-0.05, 0) is 37.0 Å². The second kappa shape index (κ2) is 8.31. The van der Waals surface area contributed by atoms with Gasteiger partial charge in [0.2, 0.25) is 15.9 Å². The monoisotopic (exact) mass is 340 g/mol. The highest BCUT2D eigenvalue weighted by Crippen LogP contribution is 2.14. The van der Waals surface area contributed by atoms with Crippen molar-refractivity contribution in [2.24, 2.45) is 0 Å². The number of hydrogen-bond donors (Lipinski definition) is 1. The van der Waals surface area contributed by atoms with Gasteiger partial charge >= 0.3 is 0 Å². The normalized spacial score (nSPS) is 15.5. The van der Waals surface area contributed by atoms with Crippen LogP contribution >= 0.6 is 0 Å². The largest absolute Gasteiger partial charge is 0.497 e. The van der Waals surface area contributed by atoms with Crippen molar-refractivity contribution in [3.63, 3.8) is 0 Å². The first-order valence-electron chi connectivity index (χ1n) is 7.89. The topological polar surface area (TPSA) is 75.7 Å². The molecule has 0 saturated carbocycles. The number of rotatable bonds is 8. The molecule has 1 aromatic rings. The molecule has 0 bridgehead atoms. The molecule has 23 heavy (non-hydrogen) atoms. The molecule has 1 aromatic carbocycles. The summed E-state index contributed by atoms with van der Waals surface area (Å²) in [6.45, 7) is 1.66. The molecular formula is C16H24N2O4S. The van der Waals surface area contributed by atoms with Crippen molar-refractivity contribution in [3.8, 4) is 5.75 Å². The van der Waals surface area contributed by atoms with Gasteiger partial charge in [-0.25, -0.2) is 12.7 Å². The van der Waals surface area contributed by atoms with Gasteiger partial charge in [-0.15, -0.1) is 0 Å². The van der Waals surface area contributed by atoms with Crippen LogP contribution in [0.25, 0.3) is 0 Å². The first-order valence-corrected chi connectivity index (χ1v) is 9.49. The van der Waals surface area contributed by atoms with Crippen LogP contribution in [-0.2, 0) is 21.2 Å². The van der Waals surface area contributed by atoms with Gasteiger partial charge in [0.25, 0.3) is 0 Å². The van der Waals surface area contributed by atoms with E-state index in [9.17, 15) is 13.2 Å². The molecule has 0 spiro atoms. The van der Waals surface area contributed by atoms with E-state index >= 15 is 0 Å². The van der Waals surface area contributed by atoms with E-state index in [1.165, 1.54) is 4.31 Å². The first kappa shape index (κ1) is 17.7. The predicted molar refractivity (Wildman–Crippen MR) is 88.9 cm³/mol. The van der Waals surface area contributed by atoms with Crippen molar-refractivity contribution in [1.29, 1.82) is 0 Å². The van der Waals surface area contributed by atoms with Gasteiger partial charge in [0.15, 0.2) is 0 Å². The summed E-state index contributed by atoms with van der Waals surface area (Å²) < 4.78 is 30.6. The van der Waals surface area contributed by atoms with Crippen LogP contribution in [0.3, 0.4) is 0 Å². The van der Waals surface area contributed by atoms with Gasteiger partial charge in [0, 0.05) is 26.1 Å². The highest BCUT2D eigenvalue weighted by molar-refractivity contribution is 7.89. The van der Waals surface area contributed by atoms with Gasteiger partial charge in [0.1, 0.15) is 5.75 Å². The molecule has 6 nitrogen and oxygen atoms in total. The Labute approximate surface area is 137 Å². The maximum Gasteiger partial charge on any atom is 0.221 e. The van der Waals surface area contributed by atoms with Crippen molar-refractivity contribution in [1.82, 2.24) is 9.62 Å². The van der Waals surface area contributed by atoms with Gasteiger partial charge in [0.05, 0.1) is 12.9 Å². The summed E-state index contributed by atoms with van der Waals surface area (Å²) in [4.78, 5) is 11.8. The molecule has 0 aromatic heterocycles. The Hall–Kier alpha value is -1.60. The van der Waals surface area contributed by atoms with Crippen LogP contribution in [0.1, 0.15) is 24.8 Å². The molecule has 0 aliphatic carbocycles. The minimum atomic E-state index is -3.28. The maximum absolute atomic E-state index is 12.0. The summed E-state index contributed by atoms with van der Waals surface area (Å²) >= 11 is 0. The second-order valence-electron chi connectivity index (χ2n) is 5.62. The minimum absolute atomic E-state index is 0.0153. The van der Waals surface area contributed by atoms with Crippen LogP contribution < -0.4 is 10.1 Å². The molecule has 1 saturated heterocycles. The van der Waals surface area contributed by atoms with Crippen molar-refractivity contribution >= 4 is 15.9 Å². The summed E-state index contributed by atoms with van der Waals surface area (Å²) in [6.07, 6.45) is 2.54. The molecule has 0 radical (unpaired) electrons. The molecule has 128 valence electrons. The highest BCUT2D eigenvalue weighted by atomic mass is 32.2. The lowest BCUT2D eigenvalue weighted by Crippen LogP contribution is -2.33. The Morgan fingerprint density at radius 1 is 1.22 bits per heavy atom. The number of ether oxygens (including phenoxy) is 1. The predicted octanol–water partition coefficient (Wildman–Crippen LogP) is 1.17. The Bertz CT molecular complexity index is 607. The summed E-state index contributed by atoms with van der Waals surface area (Å²) in [6, 6.07) is 7.64. The third-order valence-electron chi connectivity index (χ3n) is 3.94. The number of carbonyl (C=O) groups is 1. The number of carbonyl (C=O) groups excluding carboxylic acids is 1. The molecule has 1 aliphatic rings. The molecule has 2 rings (SSSR count). The molecule has 1 N–H and O–H groups in total. The Morgan fingerprint density at radius 2 is 1.87 bits per heavy atom. The SMILES string of the molecule is COc1ccc(CCNC(=O)CCS(=O)(=O)N2CCCC2)cc1. The summed E-state index contributed by atoms with van der Waals surface area (Å²) in [5, 5.41) is 2.77. The average molecular weight is 340 g/mol. The summed E-state index contributed by atoms with van der Waals surface area (Å²) in [7, 11) is -1.66. The molecule has 1 heterocycles. The van der Waals surface area contributed by atoms with E-state index in [2.05, 4.69) is 5.32 Å². The van der Waals surface area contributed by atoms with E-state index in [1.807, 2.05) is 24.3 Å². The molecule has 7 heteroatoms. The Kier molecular flexibility index (Phi) is 6.41. The van der Waals surface area contributed by atoms with E-state index in [0.717, 1.165) is 24.2 Å². The van der Waals surface area contributed by atoms with Crippen LogP contribution in [0.2, 0.25) is 0 Å². The number of hydrogen-bond acceptors (Lipinski definition) is 4. The van der Waals surface area contributed by atoms with Crippen molar-refractivity contribution in [3.05, 3.63) is 29.8 Å². The van der Waals surface area contributed by atoms with Gasteiger partial charge in [-0.1, -0.05) is 12.1 Å². The van der Waals surface area contributed by atoms with Crippen molar-refractivity contribution in [2.45, 2.75) is 25.7 Å². The molecule has 1 amide bonds. The number of nitrogens with zero attached hydrogens (tertiary/aromatic N) is 1. The van der Waals surface area contributed by atoms with Crippen molar-refractivity contribution < 1.29 is 17.9 Å². The molecule has 0 unspecified atom stereocenters.